The van der Waals surface area contributed by atoms with Gasteiger partial charge in [-0.15, -0.1) is 0 Å². The molecule has 0 radical (unpaired) electrons. The second-order valence-corrected chi connectivity index (χ2v) is 6.35. The molecule has 2 heterocycles. The van der Waals surface area contributed by atoms with Gasteiger partial charge < -0.3 is 9.51 Å². The zero-order valence-electron chi connectivity index (χ0n) is 13.2. The van der Waals surface area contributed by atoms with Crippen LogP contribution in [0.15, 0.2) is 59.3 Å². The van der Waals surface area contributed by atoms with E-state index in [2.05, 4.69) is 40.5 Å². The first-order valence-corrected chi connectivity index (χ1v) is 8.38. The van der Waals surface area contributed by atoms with Crippen molar-refractivity contribution in [2.24, 2.45) is 0 Å². The Hall–Kier alpha value is -2.88. The Labute approximate surface area is 139 Å². The molecule has 5 rings (SSSR count). The van der Waals surface area contributed by atoms with Crippen molar-refractivity contribution in [3.8, 4) is 11.5 Å². The maximum Gasteiger partial charge on any atom is 0.260 e. The minimum absolute atomic E-state index is 0.232. The smallest absolute Gasteiger partial charge is 0.260 e. The molecule has 1 aliphatic rings. The Bertz CT molecular complexity index is 1010. The van der Waals surface area contributed by atoms with Gasteiger partial charge in [-0.2, -0.15) is 4.98 Å². The molecule has 118 valence electrons. The zero-order chi connectivity index (χ0) is 15.9. The van der Waals surface area contributed by atoms with Gasteiger partial charge in [0.2, 0.25) is 0 Å². The molecular formula is C20H17N3O. The van der Waals surface area contributed by atoms with E-state index in [4.69, 9.17) is 9.51 Å². The Morgan fingerprint density at radius 1 is 1.04 bits per heavy atom. The summed E-state index contributed by atoms with van der Waals surface area (Å²) in [7, 11) is 0. The van der Waals surface area contributed by atoms with Crippen molar-refractivity contribution >= 4 is 10.9 Å². The highest BCUT2D eigenvalue weighted by molar-refractivity contribution is 5.91. The Balaban J connectivity index is 1.58. The van der Waals surface area contributed by atoms with Crippen LogP contribution in [0.2, 0.25) is 0 Å². The molecule has 0 spiro atoms. The lowest BCUT2D eigenvalue weighted by Crippen LogP contribution is -2.12. The van der Waals surface area contributed by atoms with Crippen LogP contribution in [0.5, 0.6) is 0 Å². The molecule has 4 aromatic rings. The third kappa shape index (κ3) is 2.07. The largest absolute Gasteiger partial charge is 0.361 e. The molecule has 4 heteroatoms. The highest BCUT2D eigenvalue weighted by Gasteiger charge is 2.26. The molecule has 0 saturated carbocycles. The topological polar surface area (TPSA) is 54.7 Å². The summed E-state index contributed by atoms with van der Waals surface area (Å²) in [6.07, 6.45) is 5.31. The number of fused-ring (bicyclic) bond motifs is 2. The van der Waals surface area contributed by atoms with Crippen LogP contribution in [0, 0.1) is 0 Å². The summed E-state index contributed by atoms with van der Waals surface area (Å²) in [6, 6.07) is 16.8. The lowest BCUT2D eigenvalue weighted by molar-refractivity contribution is 0.415. The molecule has 2 aromatic heterocycles. The number of aryl methyl sites for hydroxylation is 1. The predicted octanol–water partition coefficient (Wildman–Crippen LogP) is 4.69. The molecule has 24 heavy (non-hydrogen) atoms. The summed E-state index contributed by atoms with van der Waals surface area (Å²) in [5, 5.41) is 5.45. The zero-order valence-corrected chi connectivity index (χ0v) is 13.2. The number of benzene rings is 2. The first kappa shape index (κ1) is 13.5. The standard InChI is InChI=1S/C20H17N3O/c1-2-8-15-13(5-1)6-3-9-16(15)19-22-20(24-23-19)17-10-4-7-14-11-12-21-18(14)17/h1-2,4-5,7-8,10-12,16,21H,3,6,9H2/t16-/m1/s1. The van der Waals surface area contributed by atoms with Gasteiger partial charge in [0.1, 0.15) is 0 Å². The van der Waals surface area contributed by atoms with Crippen LogP contribution in [0.25, 0.3) is 22.4 Å². The van der Waals surface area contributed by atoms with Gasteiger partial charge in [-0.25, -0.2) is 0 Å². The summed E-state index contributed by atoms with van der Waals surface area (Å²) in [5.74, 6) is 1.61. The van der Waals surface area contributed by atoms with E-state index in [-0.39, 0.29) is 5.92 Å². The van der Waals surface area contributed by atoms with Gasteiger partial charge in [-0.3, -0.25) is 0 Å². The van der Waals surface area contributed by atoms with Crippen molar-refractivity contribution in [1.29, 1.82) is 0 Å². The Kier molecular flexibility index (Phi) is 3.01. The van der Waals surface area contributed by atoms with Crippen molar-refractivity contribution in [1.82, 2.24) is 15.1 Å². The van der Waals surface area contributed by atoms with Gasteiger partial charge >= 0.3 is 0 Å². The van der Waals surface area contributed by atoms with Crippen molar-refractivity contribution in [2.75, 3.05) is 0 Å². The molecule has 1 aliphatic carbocycles. The second-order valence-electron chi connectivity index (χ2n) is 6.35. The van der Waals surface area contributed by atoms with Crippen LogP contribution in [0.1, 0.15) is 35.7 Å². The van der Waals surface area contributed by atoms with Gasteiger partial charge in [0.05, 0.1) is 11.1 Å². The van der Waals surface area contributed by atoms with Crippen molar-refractivity contribution in [3.63, 3.8) is 0 Å². The van der Waals surface area contributed by atoms with E-state index >= 15 is 0 Å². The SMILES string of the molecule is c1ccc2c(c1)CCC[C@H]2c1noc(-c2cccc3cc[nH]c23)n1. The fourth-order valence-electron chi connectivity index (χ4n) is 3.77. The molecule has 4 nitrogen and oxygen atoms in total. The molecule has 1 N–H and O–H groups in total. The minimum atomic E-state index is 0.232. The molecule has 0 unspecified atom stereocenters. The number of para-hydroxylation sites is 1. The molecule has 0 aliphatic heterocycles. The van der Waals surface area contributed by atoms with Crippen LogP contribution >= 0.6 is 0 Å². The second kappa shape index (κ2) is 5.34. The summed E-state index contributed by atoms with van der Waals surface area (Å²) in [6.45, 7) is 0. The van der Waals surface area contributed by atoms with Crippen LogP contribution in [-0.2, 0) is 6.42 Å². The van der Waals surface area contributed by atoms with Crippen LogP contribution < -0.4 is 0 Å². The molecule has 2 aromatic carbocycles. The van der Waals surface area contributed by atoms with Crippen LogP contribution in [0.4, 0.5) is 0 Å². The predicted molar refractivity (Wildman–Crippen MR) is 92.8 cm³/mol. The van der Waals surface area contributed by atoms with E-state index in [0.717, 1.165) is 41.6 Å². The summed E-state index contributed by atoms with van der Waals surface area (Å²) in [4.78, 5) is 8.00. The third-order valence-electron chi connectivity index (χ3n) is 4.94. The summed E-state index contributed by atoms with van der Waals surface area (Å²) >= 11 is 0. The third-order valence-corrected chi connectivity index (χ3v) is 4.94. The fourth-order valence-corrected chi connectivity index (χ4v) is 3.77. The number of hydrogen-bond donors (Lipinski definition) is 1. The quantitative estimate of drug-likeness (QED) is 0.584. The fraction of sp³-hybridized carbons (Fsp3) is 0.200. The number of rotatable bonds is 2. The Morgan fingerprint density at radius 3 is 3.00 bits per heavy atom. The van der Waals surface area contributed by atoms with E-state index in [1.54, 1.807) is 0 Å². The number of aromatic nitrogens is 3. The highest BCUT2D eigenvalue weighted by atomic mass is 16.5. The molecule has 0 saturated heterocycles. The van der Waals surface area contributed by atoms with Crippen LogP contribution in [-0.4, -0.2) is 15.1 Å². The van der Waals surface area contributed by atoms with Gasteiger partial charge in [0, 0.05) is 17.5 Å². The lowest BCUT2D eigenvalue weighted by atomic mass is 9.82. The van der Waals surface area contributed by atoms with Crippen LogP contribution in [0.3, 0.4) is 0 Å². The maximum atomic E-state index is 5.62. The first-order valence-electron chi connectivity index (χ1n) is 8.38. The van der Waals surface area contributed by atoms with Crippen molar-refractivity contribution in [2.45, 2.75) is 25.2 Å². The average molecular weight is 315 g/mol. The summed E-state index contributed by atoms with van der Waals surface area (Å²) in [5.41, 5.74) is 4.75. The van der Waals surface area contributed by atoms with E-state index in [0.29, 0.717) is 5.89 Å². The molecule has 1 atom stereocenters. The van der Waals surface area contributed by atoms with Gasteiger partial charge in [0.25, 0.3) is 5.89 Å². The number of H-pyrrole nitrogens is 1. The average Bonchev–Trinajstić information content (AvgIpc) is 3.30. The first-order chi connectivity index (χ1) is 11.9. The van der Waals surface area contributed by atoms with E-state index in [1.165, 1.54) is 11.1 Å². The normalized spacial score (nSPS) is 17.1. The van der Waals surface area contributed by atoms with E-state index in [1.807, 2.05) is 24.4 Å². The number of hydrogen-bond acceptors (Lipinski definition) is 3. The van der Waals surface area contributed by atoms with E-state index < -0.39 is 0 Å². The molecular weight excluding hydrogens is 298 g/mol. The lowest BCUT2D eigenvalue weighted by Gasteiger charge is -2.22. The van der Waals surface area contributed by atoms with E-state index in [9.17, 15) is 0 Å². The highest BCUT2D eigenvalue weighted by Crippen LogP contribution is 2.36. The van der Waals surface area contributed by atoms with Gasteiger partial charge in [0.15, 0.2) is 5.82 Å². The number of nitrogens with one attached hydrogen (secondary N) is 1. The number of nitrogens with zero attached hydrogens (tertiary/aromatic N) is 2. The Morgan fingerprint density at radius 2 is 2.00 bits per heavy atom. The van der Waals surface area contributed by atoms with Gasteiger partial charge in [-0.1, -0.05) is 41.6 Å². The number of aromatic amines is 1. The molecule has 0 fully saturated rings. The maximum absolute atomic E-state index is 5.62. The van der Waals surface area contributed by atoms with Gasteiger partial charge in [-0.05, 0) is 42.5 Å². The minimum Gasteiger partial charge on any atom is -0.361 e. The molecule has 0 amide bonds. The molecule has 0 bridgehead atoms. The van der Waals surface area contributed by atoms with Crippen molar-refractivity contribution in [3.05, 3.63) is 71.7 Å². The summed E-state index contributed by atoms with van der Waals surface area (Å²) < 4.78 is 5.62. The van der Waals surface area contributed by atoms with Crippen molar-refractivity contribution < 1.29 is 4.52 Å². The monoisotopic (exact) mass is 315 g/mol.